The molecule has 0 aromatic carbocycles. The van der Waals surface area contributed by atoms with E-state index in [1.807, 2.05) is 26.0 Å². The van der Waals surface area contributed by atoms with Crippen molar-refractivity contribution in [1.29, 1.82) is 0 Å². The van der Waals surface area contributed by atoms with Crippen molar-refractivity contribution in [2.75, 3.05) is 0 Å². The van der Waals surface area contributed by atoms with Crippen molar-refractivity contribution in [2.24, 2.45) is 0 Å². The summed E-state index contributed by atoms with van der Waals surface area (Å²) >= 11 is 0. The van der Waals surface area contributed by atoms with Crippen LogP contribution in [0.2, 0.25) is 0 Å². The molecule has 0 amide bonds. The van der Waals surface area contributed by atoms with Gasteiger partial charge in [0.1, 0.15) is 5.78 Å². The fourth-order valence-corrected chi connectivity index (χ4v) is 1.07. The van der Waals surface area contributed by atoms with E-state index in [-0.39, 0.29) is 5.78 Å². The zero-order chi connectivity index (χ0) is 9.56. The van der Waals surface area contributed by atoms with Gasteiger partial charge in [-0.15, -0.1) is 0 Å². The highest BCUT2D eigenvalue weighted by atomic mass is 16.1. The fourth-order valence-electron chi connectivity index (χ4n) is 1.07. The summed E-state index contributed by atoms with van der Waals surface area (Å²) < 4.78 is 0. The molecule has 0 heterocycles. The van der Waals surface area contributed by atoms with Gasteiger partial charge in [-0.3, -0.25) is 4.79 Å². The Morgan fingerprint density at radius 3 is 2.33 bits per heavy atom. The van der Waals surface area contributed by atoms with Gasteiger partial charge in [0.25, 0.3) is 0 Å². The average Bonchev–Trinajstić information content (AvgIpc) is 1.84. The largest absolute Gasteiger partial charge is 0.300 e. The van der Waals surface area contributed by atoms with Crippen LogP contribution >= 0.6 is 0 Å². The van der Waals surface area contributed by atoms with Gasteiger partial charge in [-0.2, -0.15) is 0 Å². The first kappa shape index (κ1) is 10.9. The summed E-state index contributed by atoms with van der Waals surface area (Å²) in [6, 6.07) is 0. The zero-order valence-corrected chi connectivity index (χ0v) is 8.05. The summed E-state index contributed by atoms with van der Waals surface area (Å²) in [5, 5.41) is 0. The summed E-state index contributed by atoms with van der Waals surface area (Å²) in [5.41, 5.74) is 2.22. The molecule has 12 heavy (non-hydrogen) atoms. The molecule has 0 fully saturated rings. The Labute approximate surface area is 74.5 Å². The lowest BCUT2D eigenvalue weighted by atomic mass is 10.1. The lowest BCUT2D eigenvalue weighted by molar-refractivity contribution is -0.116. The first-order valence-electron chi connectivity index (χ1n) is 4.02. The molecule has 0 aromatic heterocycles. The molecule has 1 heteroatoms. The predicted molar refractivity (Wildman–Crippen MR) is 53.0 cm³/mol. The number of ketones is 1. The molecule has 0 aliphatic heterocycles. The van der Waals surface area contributed by atoms with Crippen LogP contribution in [0.15, 0.2) is 36.0 Å². The van der Waals surface area contributed by atoms with Gasteiger partial charge in [-0.05, 0) is 20.8 Å². The molecule has 0 saturated heterocycles. The lowest BCUT2D eigenvalue weighted by Gasteiger charge is -1.96. The Bertz CT molecular complexity index is 231. The van der Waals surface area contributed by atoms with Crippen molar-refractivity contribution in [3.8, 4) is 0 Å². The third-order valence-corrected chi connectivity index (χ3v) is 1.38. The van der Waals surface area contributed by atoms with Gasteiger partial charge in [0.05, 0.1) is 0 Å². The first-order chi connectivity index (χ1) is 5.56. The second-order valence-corrected chi connectivity index (χ2v) is 3.02. The first-order valence-corrected chi connectivity index (χ1v) is 4.02. The van der Waals surface area contributed by atoms with Gasteiger partial charge in [0, 0.05) is 6.42 Å². The van der Waals surface area contributed by atoms with Crippen LogP contribution < -0.4 is 0 Å². The number of rotatable bonds is 4. The summed E-state index contributed by atoms with van der Waals surface area (Å²) in [6.07, 6.45) is 6.21. The summed E-state index contributed by atoms with van der Waals surface area (Å²) in [5.74, 6) is 0.204. The Hall–Kier alpha value is -1.11. The molecule has 0 atom stereocenters. The van der Waals surface area contributed by atoms with Gasteiger partial charge < -0.3 is 0 Å². The smallest absolute Gasteiger partial charge is 0.133 e. The van der Waals surface area contributed by atoms with Crippen molar-refractivity contribution in [2.45, 2.75) is 27.2 Å². The molecule has 0 saturated carbocycles. The fraction of sp³-hybridized carbons (Fsp3) is 0.364. The van der Waals surface area contributed by atoms with Gasteiger partial charge in [0.2, 0.25) is 0 Å². The van der Waals surface area contributed by atoms with Crippen molar-refractivity contribution in [3.63, 3.8) is 0 Å². The summed E-state index contributed by atoms with van der Waals surface area (Å²) in [7, 11) is 0. The third kappa shape index (κ3) is 5.66. The Morgan fingerprint density at radius 1 is 1.33 bits per heavy atom. The summed E-state index contributed by atoms with van der Waals surface area (Å²) in [4.78, 5) is 10.7. The molecule has 66 valence electrons. The van der Waals surface area contributed by atoms with E-state index in [0.29, 0.717) is 6.42 Å². The number of carbonyl (C=O) groups excluding carboxylic acids is 1. The van der Waals surface area contributed by atoms with Crippen LogP contribution in [0.25, 0.3) is 0 Å². The molecule has 0 N–H and O–H groups in total. The average molecular weight is 164 g/mol. The number of allylic oxidation sites excluding steroid dienone is 5. The minimum atomic E-state index is 0.204. The van der Waals surface area contributed by atoms with Crippen molar-refractivity contribution in [1.82, 2.24) is 0 Å². The monoisotopic (exact) mass is 164 g/mol. The molecule has 0 bridgehead atoms. The standard InChI is InChI=1S/C11H16O/c1-5-6-9(2)7-10(3)8-11(4)12/h5-7H,1,8H2,2-4H3/b9-6+,10-7+. The van der Waals surface area contributed by atoms with Gasteiger partial charge >= 0.3 is 0 Å². The Balaban J connectivity index is 4.24. The van der Waals surface area contributed by atoms with Crippen LogP contribution in [0.5, 0.6) is 0 Å². The van der Waals surface area contributed by atoms with Crippen LogP contribution in [-0.4, -0.2) is 5.78 Å². The van der Waals surface area contributed by atoms with Crippen LogP contribution in [0.4, 0.5) is 0 Å². The van der Waals surface area contributed by atoms with E-state index < -0.39 is 0 Å². The lowest BCUT2D eigenvalue weighted by Crippen LogP contribution is -1.90. The maximum absolute atomic E-state index is 10.7. The molecular weight excluding hydrogens is 148 g/mol. The van der Waals surface area contributed by atoms with Crippen molar-refractivity contribution < 1.29 is 4.79 Å². The number of carbonyl (C=O) groups is 1. The zero-order valence-electron chi connectivity index (χ0n) is 8.05. The maximum atomic E-state index is 10.7. The van der Waals surface area contributed by atoms with E-state index in [9.17, 15) is 4.79 Å². The highest BCUT2D eigenvalue weighted by Gasteiger charge is 1.94. The minimum absolute atomic E-state index is 0.204. The van der Waals surface area contributed by atoms with Gasteiger partial charge in [0.15, 0.2) is 0 Å². The second kappa shape index (κ2) is 5.53. The maximum Gasteiger partial charge on any atom is 0.133 e. The molecule has 0 spiro atoms. The quantitative estimate of drug-likeness (QED) is 0.584. The van der Waals surface area contributed by atoms with Crippen LogP contribution in [0.3, 0.4) is 0 Å². The molecular formula is C11H16O. The molecule has 0 aromatic rings. The van der Waals surface area contributed by atoms with Crippen LogP contribution in [0, 0.1) is 0 Å². The highest BCUT2D eigenvalue weighted by Crippen LogP contribution is 2.05. The third-order valence-electron chi connectivity index (χ3n) is 1.38. The SMILES string of the molecule is C=C/C=C(C)/C=C(\C)CC(C)=O. The van der Waals surface area contributed by atoms with E-state index in [0.717, 1.165) is 11.1 Å². The van der Waals surface area contributed by atoms with E-state index in [4.69, 9.17) is 0 Å². The van der Waals surface area contributed by atoms with E-state index >= 15 is 0 Å². The van der Waals surface area contributed by atoms with Crippen molar-refractivity contribution >= 4 is 5.78 Å². The van der Waals surface area contributed by atoms with E-state index in [2.05, 4.69) is 6.58 Å². The van der Waals surface area contributed by atoms with E-state index in [1.165, 1.54) is 0 Å². The molecule has 0 radical (unpaired) electrons. The van der Waals surface area contributed by atoms with Crippen LogP contribution in [0.1, 0.15) is 27.2 Å². The molecule has 0 rings (SSSR count). The van der Waals surface area contributed by atoms with Gasteiger partial charge in [-0.25, -0.2) is 0 Å². The van der Waals surface area contributed by atoms with Crippen molar-refractivity contribution in [3.05, 3.63) is 36.0 Å². The molecule has 0 aliphatic rings. The Kier molecular flexibility index (Phi) is 5.02. The number of hydrogen-bond donors (Lipinski definition) is 0. The highest BCUT2D eigenvalue weighted by molar-refractivity contribution is 5.78. The normalized spacial score (nSPS) is 12.9. The topological polar surface area (TPSA) is 17.1 Å². The Morgan fingerprint density at radius 2 is 1.92 bits per heavy atom. The van der Waals surface area contributed by atoms with E-state index in [1.54, 1.807) is 13.0 Å². The second-order valence-electron chi connectivity index (χ2n) is 3.02. The molecule has 0 aliphatic carbocycles. The van der Waals surface area contributed by atoms with Crippen LogP contribution in [-0.2, 0) is 4.79 Å². The number of Topliss-reactive ketones (excluding diaryl/α,β-unsaturated/α-hetero) is 1. The summed E-state index contributed by atoms with van der Waals surface area (Å²) in [6.45, 7) is 9.15. The number of hydrogen-bond acceptors (Lipinski definition) is 1. The molecule has 0 unspecified atom stereocenters. The predicted octanol–water partition coefficient (Wildman–Crippen LogP) is 3.04. The molecule has 1 nitrogen and oxygen atoms in total. The minimum Gasteiger partial charge on any atom is -0.300 e. The van der Waals surface area contributed by atoms with Gasteiger partial charge in [-0.1, -0.05) is 36.0 Å².